The highest BCUT2D eigenvalue weighted by Gasteiger charge is 2.09. The number of hydrogen-bond acceptors (Lipinski definition) is 5. The molecule has 0 atom stereocenters. The Labute approximate surface area is 147 Å². The molecule has 2 aromatic rings. The SMILES string of the molecule is COCCn1nc(C(=O)NCCCN(C)c2ccccc2)ccc1=O. The summed E-state index contributed by atoms with van der Waals surface area (Å²) < 4.78 is 6.17. The third kappa shape index (κ3) is 5.72. The molecule has 134 valence electrons. The number of benzene rings is 1. The summed E-state index contributed by atoms with van der Waals surface area (Å²) in [6.45, 7) is 2.04. The third-order valence-electron chi connectivity index (χ3n) is 3.76. The number of carbonyl (C=O) groups excluding carboxylic acids is 1. The summed E-state index contributed by atoms with van der Waals surface area (Å²) in [5.41, 5.74) is 1.12. The van der Waals surface area contributed by atoms with Gasteiger partial charge in [0.15, 0.2) is 0 Å². The minimum atomic E-state index is -0.284. The van der Waals surface area contributed by atoms with E-state index < -0.39 is 0 Å². The van der Waals surface area contributed by atoms with E-state index in [1.54, 1.807) is 7.11 Å². The molecule has 0 spiro atoms. The normalized spacial score (nSPS) is 10.5. The van der Waals surface area contributed by atoms with Gasteiger partial charge in [-0.05, 0) is 24.6 Å². The number of carbonyl (C=O) groups is 1. The topological polar surface area (TPSA) is 76.5 Å². The fourth-order valence-electron chi connectivity index (χ4n) is 2.33. The smallest absolute Gasteiger partial charge is 0.271 e. The fourth-order valence-corrected chi connectivity index (χ4v) is 2.33. The number of nitrogens with one attached hydrogen (secondary N) is 1. The molecule has 25 heavy (non-hydrogen) atoms. The van der Waals surface area contributed by atoms with Gasteiger partial charge < -0.3 is 15.0 Å². The van der Waals surface area contributed by atoms with E-state index in [2.05, 4.69) is 15.3 Å². The lowest BCUT2D eigenvalue weighted by Crippen LogP contribution is -2.32. The highest BCUT2D eigenvalue weighted by Crippen LogP contribution is 2.10. The van der Waals surface area contributed by atoms with Crippen molar-refractivity contribution in [3.8, 4) is 0 Å². The number of amides is 1. The van der Waals surface area contributed by atoms with Crippen LogP contribution in [0.1, 0.15) is 16.9 Å². The third-order valence-corrected chi connectivity index (χ3v) is 3.76. The van der Waals surface area contributed by atoms with E-state index in [9.17, 15) is 9.59 Å². The maximum Gasteiger partial charge on any atom is 0.271 e. The predicted molar refractivity (Wildman–Crippen MR) is 97.0 cm³/mol. The van der Waals surface area contributed by atoms with Gasteiger partial charge in [-0.2, -0.15) is 5.10 Å². The summed E-state index contributed by atoms with van der Waals surface area (Å²) in [5.74, 6) is -0.284. The predicted octanol–water partition coefficient (Wildman–Crippen LogP) is 1.15. The lowest BCUT2D eigenvalue weighted by Gasteiger charge is -2.19. The molecule has 7 nitrogen and oxygen atoms in total. The van der Waals surface area contributed by atoms with Gasteiger partial charge in [0, 0.05) is 39.0 Å². The van der Waals surface area contributed by atoms with Gasteiger partial charge in [0.2, 0.25) is 0 Å². The minimum Gasteiger partial charge on any atom is -0.383 e. The Kier molecular flexibility index (Phi) is 7.16. The first-order valence-electron chi connectivity index (χ1n) is 8.23. The summed E-state index contributed by atoms with van der Waals surface area (Å²) in [6, 6.07) is 12.9. The van der Waals surface area contributed by atoms with Crippen molar-refractivity contribution < 1.29 is 9.53 Å². The van der Waals surface area contributed by atoms with Crippen molar-refractivity contribution in [2.75, 3.05) is 38.8 Å². The molecule has 0 aliphatic rings. The average molecular weight is 344 g/mol. The van der Waals surface area contributed by atoms with E-state index in [0.717, 1.165) is 18.7 Å². The summed E-state index contributed by atoms with van der Waals surface area (Å²) >= 11 is 0. The van der Waals surface area contributed by atoms with Crippen LogP contribution in [0, 0.1) is 0 Å². The molecular weight excluding hydrogens is 320 g/mol. The van der Waals surface area contributed by atoms with Gasteiger partial charge in [-0.1, -0.05) is 18.2 Å². The van der Waals surface area contributed by atoms with Crippen molar-refractivity contribution in [3.63, 3.8) is 0 Å². The zero-order valence-corrected chi connectivity index (χ0v) is 14.6. The molecule has 0 aliphatic carbocycles. The van der Waals surface area contributed by atoms with Crippen LogP contribution < -0.4 is 15.8 Å². The summed E-state index contributed by atoms with van der Waals surface area (Å²) in [5, 5.41) is 6.91. The molecule has 1 amide bonds. The molecule has 1 aromatic heterocycles. The Hall–Kier alpha value is -2.67. The van der Waals surface area contributed by atoms with E-state index >= 15 is 0 Å². The van der Waals surface area contributed by atoms with Crippen molar-refractivity contribution in [1.29, 1.82) is 0 Å². The molecule has 0 bridgehead atoms. The second-order valence-corrected chi connectivity index (χ2v) is 5.64. The van der Waals surface area contributed by atoms with Gasteiger partial charge in [-0.15, -0.1) is 0 Å². The Morgan fingerprint density at radius 3 is 2.72 bits per heavy atom. The first-order valence-corrected chi connectivity index (χ1v) is 8.23. The highest BCUT2D eigenvalue weighted by atomic mass is 16.5. The molecule has 1 N–H and O–H groups in total. The summed E-state index contributed by atoms with van der Waals surface area (Å²) in [7, 11) is 3.57. The van der Waals surface area contributed by atoms with Crippen LogP contribution in [-0.2, 0) is 11.3 Å². The van der Waals surface area contributed by atoms with Gasteiger partial charge in [-0.25, -0.2) is 4.68 Å². The van der Waals surface area contributed by atoms with Crippen LogP contribution >= 0.6 is 0 Å². The molecule has 0 radical (unpaired) electrons. The Bertz CT molecular complexity index is 731. The molecule has 2 rings (SSSR count). The number of para-hydroxylation sites is 1. The number of nitrogens with zero attached hydrogens (tertiary/aromatic N) is 3. The van der Waals surface area contributed by atoms with E-state index in [1.807, 2.05) is 37.4 Å². The monoisotopic (exact) mass is 344 g/mol. The molecule has 1 aromatic carbocycles. The second kappa shape index (κ2) is 9.58. The number of hydrogen-bond donors (Lipinski definition) is 1. The van der Waals surface area contributed by atoms with E-state index in [0.29, 0.717) is 19.7 Å². The summed E-state index contributed by atoms with van der Waals surface area (Å²) in [6.07, 6.45) is 0.806. The van der Waals surface area contributed by atoms with E-state index in [-0.39, 0.29) is 17.2 Å². The summed E-state index contributed by atoms with van der Waals surface area (Å²) in [4.78, 5) is 26.0. The van der Waals surface area contributed by atoms with Crippen LogP contribution in [0.2, 0.25) is 0 Å². The molecule has 0 aliphatic heterocycles. The number of aromatic nitrogens is 2. The van der Waals surface area contributed by atoms with Gasteiger partial charge in [-0.3, -0.25) is 9.59 Å². The molecule has 0 saturated heterocycles. The van der Waals surface area contributed by atoms with Crippen LogP contribution in [-0.4, -0.2) is 49.5 Å². The largest absolute Gasteiger partial charge is 0.383 e. The van der Waals surface area contributed by atoms with Crippen molar-refractivity contribution in [2.45, 2.75) is 13.0 Å². The van der Waals surface area contributed by atoms with Crippen molar-refractivity contribution >= 4 is 11.6 Å². The van der Waals surface area contributed by atoms with Gasteiger partial charge in [0.1, 0.15) is 5.69 Å². The zero-order valence-electron chi connectivity index (χ0n) is 14.6. The molecular formula is C18H24N4O3. The average Bonchev–Trinajstić information content (AvgIpc) is 2.65. The molecule has 0 saturated carbocycles. The van der Waals surface area contributed by atoms with E-state index in [1.165, 1.54) is 16.8 Å². The van der Waals surface area contributed by atoms with Crippen molar-refractivity contribution in [3.05, 3.63) is 58.5 Å². The Balaban J connectivity index is 1.81. The van der Waals surface area contributed by atoms with Gasteiger partial charge >= 0.3 is 0 Å². The lowest BCUT2D eigenvalue weighted by molar-refractivity contribution is 0.0944. The van der Waals surface area contributed by atoms with Crippen LogP contribution in [0.25, 0.3) is 0 Å². The number of anilines is 1. The maximum atomic E-state index is 12.2. The van der Waals surface area contributed by atoms with Crippen molar-refractivity contribution in [1.82, 2.24) is 15.1 Å². The maximum absolute atomic E-state index is 12.2. The van der Waals surface area contributed by atoms with Crippen molar-refractivity contribution in [2.24, 2.45) is 0 Å². The highest BCUT2D eigenvalue weighted by molar-refractivity contribution is 5.91. The number of ether oxygens (including phenoxy) is 1. The second-order valence-electron chi connectivity index (χ2n) is 5.64. The first kappa shape index (κ1) is 18.7. The molecule has 7 heteroatoms. The first-order chi connectivity index (χ1) is 12.1. The zero-order chi connectivity index (χ0) is 18.1. The van der Waals surface area contributed by atoms with Crippen LogP contribution in [0.15, 0.2) is 47.3 Å². The van der Waals surface area contributed by atoms with Crippen LogP contribution in [0.3, 0.4) is 0 Å². The molecule has 0 fully saturated rings. The van der Waals surface area contributed by atoms with Gasteiger partial charge in [0.05, 0.1) is 13.2 Å². The fraction of sp³-hybridized carbons (Fsp3) is 0.389. The molecule has 0 unspecified atom stereocenters. The number of rotatable bonds is 9. The number of methoxy groups -OCH3 is 1. The Morgan fingerprint density at radius 2 is 2.00 bits per heavy atom. The van der Waals surface area contributed by atoms with Gasteiger partial charge in [0.25, 0.3) is 11.5 Å². The van der Waals surface area contributed by atoms with E-state index in [4.69, 9.17) is 4.74 Å². The standard InChI is InChI=1S/C18H24N4O3/c1-21(15-7-4-3-5-8-15)12-6-11-19-18(24)16-9-10-17(23)22(20-16)13-14-25-2/h3-5,7-10H,6,11-14H2,1-2H3,(H,19,24). The lowest BCUT2D eigenvalue weighted by atomic mass is 10.3. The Morgan fingerprint density at radius 1 is 1.24 bits per heavy atom. The minimum absolute atomic E-state index is 0.229. The molecule has 1 heterocycles. The quantitative estimate of drug-likeness (QED) is 0.691. The van der Waals surface area contributed by atoms with Crippen LogP contribution in [0.5, 0.6) is 0 Å². The van der Waals surface area contributed by atoms with Crippen LogP contribution in [0.4, 0.5) is 5.69 Å².